The van der Waals surface area contributed by atoms with Crippen LogP contribution in [0, 0.1) is 0 Å². The average Bonchev–Trinajstić information content (AvgIpc) is 3.28. The van der Waals surface area contributed by atoms with Crippen molar-refractivity contribution in [1.29, 1.82) is 0 Å². The zero-order valence-electron chi connectivity index (χ0n) is 18.4. The molecule has 168 valence electrons. The summed E-state index contributed by atoms with van der Waals surface area (Å²) in [5.41, 5.74) is -1.57. The van der Waals surface area contributed by atoms with E-state index in [9.17, 15) is 19.2 Å². The number of likely N-dealkylation sites (tertiary alicyclic amines) is 3. The Morgan fingerprint density at radius 2 is 1.80 bits per heavy atom. The zero-order chi connectivity index (χ0) is 22.1. The van der Waals surface area contributed by atoms with Crippen molar-refractivity contribution in [3.63, 3.8) is 0 Å². The molecule has 1 spiro atoms. The molecule has 9 nitrogen and oxygen atoms in total. The van der Waals surface area contributed by atoms with Gasteiger partial charge in [0.15, 0.2) is 0 Å². The third kappa shape index (κ3) is 4.25. The normalized spacial score (nSPS) is 27.0. The fourth-order valence-corrected chi connectivity index (χ4v) is 4.78. The fourth-order valence-electron chi connectivity index (χ4n) is 4.78. The van der Waals surface area contributed by atoms with Crippen LogP contribution in [-0.2, 0) is 23.9 Å². The standard InChI is InChI=1S/C21H33N3O6/c1-20(2,3)30-19(28)23-11-7-8-15(23)17(26)24-12-6-5-9-21(24)10-13-22(18(21)27)14-16(25)29-4/h15H,5-14H2,1-4H3/t15-,21+/m0/s1. The number of carbonyl (C=O) groups is 4. The molecule has 0 saturated carbocycles. The summed E-state index contributed by atoms with van der Waals surface area (Å²) in [5.74, 6) is -0.852. The van der Waals surface area contributed by atoms with Gasteiger partial charge in [-0.1, -0.05) is 0 Å². The second kappa shape index (κ2) is 8.43. The van der Waals surface area contributed by atoms with Gasteiger partial charge in [0.05, 0.1) is 7.11 Å². The number of amides is 3. The molecule has 0 radical (unpaired) electrons. The number of piperidine rings is 1. The summed E-state index contributed by atoms with van der Waals surface area (Å²) in [6, 6.07) is -0.614. The van der Waals surface area contributed by atoms with Crippen LogP contribution in [0.4, 0.5) is 4.79 Å². The van der Waals surface area contributed by atoms with E-state index >= 15 is 0 Å². The molecular formula is C21H33N3O6. The molecule has 30 heavy (non-hydrogen) atoms. The number of hydrogen-bond donors (Lipinski definition) is 0. The van der Waals surface area contributed by atoms with E-state index < -0.39 is 29.2 Å². The molecule has 3 aliphatic rings. The predicted molar refractivity (Wildman–Crippen MR) is 107 cm³/mol. The van der Waals surface area contributed by atoms with Gasteiger partial charge in [-0.2, -0.15) is 0 Å². The Balaban J connectivity index is 1.79. The Hall–Kier alpha value is -2.32. The highest BCUT2D eigenvalue weighted by Crippen LogP contribution is 2.39. The second-order valence-electron chi connectivity index (χ2n) is 9.36. The Kier molecular flexibility index (Phi) is 6.29. The molecule has 0 aromatic rings. The molecule has 2 atom stereocenters. The van der Waals surface area contributed by atoms with E-state index in [1.807, 2.05) is 0 Å². The van der Waals surface area contributed by atoms with Crippen molar-refractivity contribution >= 4 is 23.9 Å². The lowest BCUT2D eigenvalue weighted by molar-refractivity contribution is -0.156. The van der Waals surface area contributed by atoms with Crippen molar-refractivity contribution in [2.24, 2.45) is 0 Å². The summed E-state index contributed by atoms with van der Waals surface area (Å²) in [6.45, 7) is 6.65. The maximum atomic E-state index is 13.6. The number of ether oxygens (including phenoxy) is 2. The van der Waals surface area contributed by atoms with Crippen LogP contribution in [0.15, 0.2) is 0 Å². The van der Waals surface area contributed by atoms with Crippen LogP contribution in [0.1, 0.15) is 59.3 Å². The number of nitrogens with zero attached hydrogens (tertiary/aromatic N) is 3. The smallest absolute Gasteiger partial charge is 0.410 e. The largest absolute Gasteiger partial charge is 0.468 e. The van der Waals surface area contributed by atoms with Gasteiger partial charge in [0.1, 0.15) is 23.7 Å². The van der Waals surface area contributed by atoms with Gasteiger partial charge in [0, 0.05) is 19.6 Å². The van der Waals surface area contributed by atoms with Crippen molar-refractivity contribution in [3.8, 4) is 0 Å². The Labute approximate surface area is 177 Å². The van der Waals surface area contributed by atoms with Gasteiger partial charge < -0.3 is 19.3 Å². The van der Waals surface area contributed by atoms with Crippen molar-refractivity contribution in [3.05, 3.63) is 0 Å². The van der Waals surface area contributed by atoms with Gasteiger partial charge in [-0.3, -0.25) is 19.3 Å². The van der Waals surface area contributed by atoms with Gasteiger partial charge in [-0.25, -0.2) is 4.79 Å². The lowest BCUT2D eigenvalue weighted by Gasteiger charge is -2.45. The van der Waals surface area contributed by atoms with Crippen LogP contribution in [0.3, 0.4) is 0 Å². The van der Waals surface area contributed by atoms with Crippen molar-refractivity contribution in [2.75, 3.05) is 33.3 Å². The molecule has 0 N–H and O–H groups in total. The molecule has 3 fully saturated rings. The number of esters is 1. The molecule has 0 aliphatic carbocycles. The molecule has 3 amide bonds. The van der Waals surface area contributed by atoms with Gasteiger partial charge in [-0.15, -0.1) is 0 Å². The quantitative estimate of drug-likeness (QED) is 0.639. The number of hydrogen-bond acceptors (Lipinski definition) is 6. The summed E-state index contributed by atoms with van der Waals surface area (Å²) in [6.07, 6.45) is 3.53. The van der Waals surface area contributed by atoms with Gasteiger partial charge in [0.25, 0.3) is 0 Å². The maximum absolute atomic E-state index is 13.6. The highest BCUT2D eigenvalue weighted by atomic mass is 16.6. The monoisotopic (exact) mass is 423 g/mol. The fraction of sp³-hybridized carbons (Fsp3) is 0.810. The first-order valence-corrected chi connectivity index (χ1v) is 10.8. The molecule has 3 aliphatic heterocycles. The molecule has 0 aromatic carbocycles. The molecule has 0 unspecified atom stereocenters. The first-order chi connectivity index (χ1) is 14.1. The van der Waals surface area contributed by atoms with E-state index in [1.54, 1.807) is 25.7 Å². The number of methoxy groups -OCH3 is 1. The topological polar surface area (TPSA) is 96.5 Å². The van der Waals surface area contributed by atoms with Gasteiger partial charge in [0.2, 0.25) is 11.8 Å². The van der Waals surface area contributed by atoms with Crippen molar-refractivity contribution < 1.29 is 28.7 Å². The van der Waals surface area contributed by atoms with E-state index in [4.69, 9.17) is 9.47 Å². The summed E-state index contributed by atoms with van der Waals surface area (Å²) in [4.78, 5) is 55.9. The van der Waals surface area contributed by atoms with E-state index in [-0.39, 0.29) is 18.4 Å². The third-order valence-corrected chi connectivity index (χ3v) is 6.20. The summed E-state index contributed by atoms with van der Waals surface area (Å²) in [5, 5.41) is 0. The minimum Gasteiger partial charge on any atom is -0.468 e. The van der Waals surface area contributed by atoms with Crippen LogP contribution >= 0.6 is 0 Å². The lowest BCUT2D eigenvalue weighted by Crippen LogP contribution is -2.62. The second-order valence-corrected chi connectivity index (χ2v) is 9.36. The predicted octanol–water partition coefficient (Wildman–Crippen LogP) is 1.54. The van der Waals surface area contributed by atoms with Crippen LogP contribution in [0.25, 0.3) is 0 Å². The van der Waals surface area contributed by atoms with E-state index in [0.717, 1.165) is 19.3 Å². The first kappa shape index (κ1) is 22.4. The Morgan fingerprint density at radius 1 is 1.07 bits per heavy atom. The van der Waals surface area contributed by atoms with Gasteiger partial charge >= 0.3 is 12.1 Å². The zero-order valence-corrected chi connectivity index (χ0v) is 18.4. The minimum absolute atomic E-state index is 0.105. The molecule has 9 heteroatoms. The summed E-state index contributed by atoms with van der Waals surface area (Å²) in [7, 11) is 1.29. The van der Waals surface area contributed by atoms with E-state index in [0.29, 0.717) is 38.9 Å². The van der Waals surface area contributed by atoms with E-state index in [1.165, 1.54) is 16.9 Å². The first-order valence-electron chi connectivity index (χ1n) is 10.8. The average molecular weight is 424 g/mol. The molecule has 3 rings (SSSR count). The van der Waals surface area contributed by atoms with Gasteiger partial charge in [-0.05, 0) is 59.3 Å². The van der Waals surface area contributed by atoms with Crippen molar-refractivity contribution in [2.45, 2.75) is 76.5 Å². The molecule has 3 saturated heterocycles. The van der Waals surface area contributed by atoms with Crippen molar-refractivity contribution in [1.82, 2.24) is 14.7 Å². The third-order valence-electron chi connectivity index (χ3n) is 6.20. The highest BCUT2D eigenvalue weighted by Gasteiger charge is 2.55. The highest BCUT2D eigenvalue weighted by molar-refractivity contribution is 5.97. The van der Waals surface area contributed by atoms with Crippen LogP contribution in [0.5, 0.6) is 0 Å². The molecule has 3 heterocycles. The number of carbonyl (C=O) groups excluding carboxylic acids is 4. The SMILES string of the molecule is COC(=O)CN1CC[C@]2(CCCCN2C(=O)[C@@H]2CCCN2C(=O)OC(C)(C)C)C1=O. The van der Waals surface area contributed by atoms with Crippen LogP contribution in [-0.4, -0.2) is 89.0 Å². The Bertz CT molecular complexity index is 718. The molecule has 0 aromatic heterocycles. The van der Waals surface area contributed by atoms with Crippen LogP contribution < -0.4 is 0 Å². The molecular weight excluding hydrogens is 390 g/mol. The van der Waals surface area contributed by atoms with Crippen LogP contribution in [0.2, 0.25) is 0 Å². The summed E-state index contributed by atoms with van der Waals surface area (Å²) < 4.78 is 10.2. The molecule has 0 bridgehead atoms. The lowest BCUT2D eigenvalue weighted by atomic mass is 9.84. The number of rotatable bonds is 3. The Morgan fingerprint density at radius 3 is 2.47 bits per heavy atom. The maximum Gasteiger partial charge on any atom is 0.410 e. The summed E-state index contributed by atoms with van der Waals surface area (Å²) >= 11 is 0. The van der Waals surface area contributed by atoms with E-state index in [2.05, 4.69) is 0 Å². The minimum atomic E-state index is -0.925.